The number of carbonyl (C=O) groups is 4. The molecule has 6 nitrogen and oxygen atoms in total. The SMILES string of the molecule is CC(C)C(=O)OC(=O)c1ccccc1C(=O)OC(=O)C(C)C. The van der Waals surface area contributed by atoms with E-state index in [0.29, 0.717) is 0 Å². The average Bonchev–Trinajstić information content (AvgIpc) is 2.46. The molecule has 0 spiro atoms. The van der Waals surface area contributed by atoms with E-state index in [4.69, 9.17) is 0 Å². The second-order valence-corrected chi connectivity index (χ2v) is 5.27. The number of hydrogen-bond acceptors (Lipinski definition) is 6. The Kier molecular flexibility index (Phi) is 5.98. The maximum atomic E-state index is 12.0. The van der Waals surface area contributed by atoms with E-state index in [0.717, 1.165) is 0 Å². The van der Waals surface area contributed by atoms with Gasteiger partial charge in [-0.3, -0.25) is 9.59 Å². The van der Waals surface area contributed by atoms with Gasteiger partial charge in [-0.05, 0) is 12.1 Å². The van der Waals surface area contributed by atoms with Crippen LogP contribution in [0.3, 0.4) is 0 Å². The Balaban J connectivity index is 2.99. The number of ether oxygens (including phenoxy) is 2. The zero-order valence-electron chi connectivity index (χ0n) is 12.9. The van der Waals surface area contributed by atoms with Gasteiger partial charge in [0.25, 0.3) is 0 Å². The first-order valence-corrected chi connectivity index (χ1v) is 6.85. The Morgan fingerprint density at radius 1 is 0.727 bits per heavy atom. The minimum absolute atomic E-state index is 0.127. The number of carbonyl (C=O) groups excluding carboxylic acids is 4. The van der Waals surface area contributed by atoms with Gasteiger partial charge >= 0.3 is 23.9 Å². The van der Waals surface area contributed by atoms with Gasteiger partial charge in [-0.1, -0.05) is 39.8 Å². The van der Waals surface area contributed by atoms with E-state index in [1.54, 1.807) is 27.7 Å². The Morgan fingerprint density at radius 2 is 1.05 bits per heavy atom. The third-order valence-electron chi connectivity index (χ3n) is 2.70. The normalized spacial score (nSPS) is 10.5. The summed E-state index contributed by atoms with van der Waals surface area (Å²) < 4.78 is 9.34. The first-order valence-electron chi connectivity index (χ1n) is 6.85. The van der Waals surface area contributed by atoms with E-state index >= 15 is 0 Å². The summed E-state index contributed by atoms with van der Waals surface area (Å²) in [5.41, 5.74) is -0.254. The lowest BCUT2D eigenvalue weighted by molar-refractivity contribution is -0.142. The molecule has 0 aliphatic carbocycles. The van der Waals surface area contributed by atoms with Crippen LogP contribution in [0, 0.1) is 11.8 Å². The first-order chi connectivity index (χ1) is 10.2. The Hall–Kier alpha value is -2.50. The second-order valence-electron chi connectivity index (χ2n) is 5.27. The molecule has 1 aromatic carbocycles. The van der Waals surface area contributed by atoms with Crippen molar-refractivity contribution in [2.24, 2.45) is 11.8 Å². The van der Waals surface area contributed by atoms with E-state index in [1.807, 2.05) is 0 Å². The van der Waals surface area contributed by atoms with Gasteiger partial charge in [-0.2, -0.15) is 0 Å². The lowest BCUT2D eigenvalue weighted by atomic mass is 10.1. The van der Waals surface area contributed by atoms with Gasteiger partial charge < -0.3 is 9.47 Å². The van der Waals surface area contributed by atoms with Crippen LogP contribution in [0.2, 0.25) is 0 Å². The second kappa shape index (κ2) is 7.49. The van der Waals surface area contributed by atoms with Crippen molar-refractivity contribution in [2.75, 3.05) is 0 Å². The molecule has 0 heterocycles. The molecule has 6 heteroatoms. The van der Waals surface area contributed by atoms with Crippen molar-refractivity contribution in [2.45, 2.75) is 27.7 Å². The fourth-order valence-electron chi connectivity index (χ4n) is 1.37. The monoisotopic (exact) mass is 306 g/mol. The van der Waals surface area contributed by atoms with Crippen molar-refractivity contribution < 1.29 is 28.7 Å². The van der Waals surface area contributed by atoms with Crippen LogP contribution in [-0.4, -0.2) is 23.9 Å². The molecule has 0 N–H and O–H groups in total. The van der Waals surface area contributed by atoms with Crippen LogP contribution in [0.4, 0.5) is 0 Å². The molecule has 0 aliphatic rings. The van der Waals surface area contributed by atoms with E-state index in [9.17, 15) is 19.2 Å². The third-order valence-corrected chi connectivity index (χ3v) is 2.70. The van der Waals surface area contributed by atoms with Crippen molar-refractivity contribution in [3.8, 4) is 0 Å². The van der Waals surface area contributed by atoms with Crippen molar-refractivity contribution in [1.82, 2.24) is 0 Å². The van der Waals surface area contributed by atoms with Gasteiger partial charge in [0.1, 0.15) is 0 Å². The minimum Gasteiger partial charge on any atom is -0.389 e. The summed E-state index contributed by atoms with van der Waals surface area (Å²) in [7, 11) is 0. The summed E-state index contributed by atoms with van der Waals surface area (Å²) in [6.45, 7) is 6.32. The predicted octanol–water partition coefficient (Wildman–Crippen LogP) is 2.37. The summed E-state index contributed by atoms with van der Waals surface area (Å²) in [6, 6.07) is 5.67. The highest BCUT2D eigenvalue weighted by Crippen LogP contribution is 2.14. The molecule has 0 amide bonds. The van der Waals surface area contributed by atoms with Crippen LogP contribution in [0.25, 0.3) is 0 Å². The van der Waals surface area contributed by atoms with Gasteiger partial charge in [0.15, 0.2) is 0 Å². The van der Waals surface area contributed by atoms with Gasteiger partial charge in [0.2, 0.25) is 0 Å². The lowest BCUT2D eigenvalue weighted by Crippen LogP contribution is -2.22. The maximum absolute atomic E-state index is 12.0. The molecule has 0 unspecified atom stereocenters. The summed E-state index contributed by atoms with van der Waals surface area (Å²) in [6.07, 6.45) is 0. The molecule has 1 rings (SSSR count). The number of hydrogen-bond donors (Lipinski definition) is 0. The summed E-state index contributed by atoms with van der Waals surface area (Å²) >= 11 is 0. The largest absolute Gasteiger partial charge is 0.389 e. The van der Waals surface area contributed by atoms with E-state index in [-0.39, 0.29) is 11.1 Å². The fourth-order valence-corrected chi connectivity index (χ4v) is 1.37. The molecule has 0 saturated carbocycles. The Labute approximate surface area is 128 Å². The smallest absolute Gasteiger partial charge is 0.346 e. The van der Waals surface area contributed by atoms with Gasteiger partial charge in [0.05, 0.1) is 23.0 Å². The van der Waals surface area contributed by atoms with Crippen molar-refractivity contribution in [3.05, 3.63) is 35.4 Å². The topological polar surface area (TPSA) is 86.7 Å². The van der Waals surface area contributed by atoms with Crippen LogP contribution in [0.15, 0.2) is 24.3 Å². The molecule has 0 aromatic heterocycles. The summed E-state index contributed by atoms with van der Waals surface area (Å²) in [5, 5.41) is 0. The Bertz CT molecular complexity index is 547. The van der Waals surface area contributed by atoms with Gasteiger partial charge in [-0.15, -0.1) is 0 Å². The van der Waals surface area contributed by atoms with Crippen molar-refractivity contribution >= 4 is 23.9 Å². The Morgan fingerprint density at radius 3 is 1.32 bits per heavy atom. The quantitative estimate of drug-likeness (QED) is 0.627. The highest BCUT2D eigenvalue weighted by molar-refractivity contribution is 6.08. The molecule has 0 fully saturated rings. The van der Waals surface area contributed by atoms with Gasteiger partial charge in [0, 0.05) is 0 Å². The maximum Gasteiger partial charge on any atom is 0.346 e. The number of rotatable bonds is 4. The molecule has 0 aliphatic heterocycles. The number of benzene rings is 1. The fraction of sp³-hybridized carbons (Fsp3) is 0.375. The zero-order chi connectivity index (χ0) is 16.9. The average molecular weight is 306 g/mol. The van der Waals surface area contributed by atoms with Crippen LogP contribution < -0.4 is 0 Å². The van der Waals surface area contributed by atoms with Crippen molar-refractivity contribution in [3.63, 3.8) is 0 Å². The molecule has 1 aromatic rings. The highest BCUT2D eigenvalue weighted by Gasteiger charge is 2.24. The zero-order valence-corrected chi connectivity index (χ0v) is 12.9. The molecule has 22 heavy (non-hydrogen) atoms. The molecule has 0 atom stereocenters. The minimum atomic E-state index is -0.955. The van der Waals surface area contributed by atoms with Crippen LogP contribution >= 0.6 is 0 Å². The standard InChI is InChI=1S/C16H18O6/c1-9(2)13(17)21-15(19)11-7-5-6-8-12(11)16(20)22-14(18)10(3)4/h5-10H,1-4H3. The van der Waals surface area contributed by atoms with Crippen LogP contribution in [-0.2, 0) is 19.1 Å². The lowest BCUT2D eigenvalue weighted by Gasteiger charge is -2.10. The van der Waals surface area contributed by atoms with E-state index < -0.39 is 35.7 Å². The number of esters is 4. The molecular weight excluding hydrogens is 288 g/mol. The van der Waals surface area contributed by atoms with Crippen LogP contribution in [0.1, 0.15) is 48.4 Å². The van der Waals surface area contributed by atoms with Gasteiger partial charge in [-0.25, -0.2) is 9.59 Å². The molecule has 0 bridgehead atoms. The third kappa shape index (κ3) is 4.51. The molecular formula is C16H18O6. The van der Waals surface area contributed by atoms with Crippen LogP contribution in [0.5, 0.6) is 0 Å². The molecule has 0 radical (unpaired) electrons. The summed E-state index contributed by atoms with van der Waals surface area (Å²) in [5.74, 6) is -4.28. The predicted molar refractivity (Wildman–Crippen MR) is 77.0 cm³/mol. The van der Waals surface area contributed by atoms with E-state index in [2.05, 4.69) is 9.47 Å². The highest BCUT2D eigenvalue weighted by atomic mass is 16.6. The van der Waals surface area contributed by atoms with Crippen molar-refractivity contribution in [1.29, 1.82) is 0 Å². The molecule has 118 valence electrons. The van der Waals surface area contributed by atoms with E-state index in [1.165, 1.54) is 24.3 Å². The molecule has 0 saturated heterocycles. The first kappa shape index (κ1) is 17.6. The summed E-state index contributed by atoms with van der Waals surface area (Å²) in [4.78, 5) is 46.9.